The van der Waals surface area contributed by atoms with Crippen molar-refractivity contribution in [3.8, 4) is 0 Å². The summed E-state index contributed by atoms with van der Waals surface area (Å²) in [5.74, 6) is 0.798. The highest BCUT2D eigenvalue weighted by Crippen LogP contribution is 2.41. The summed E-state index contributed by atoms with van der Waals surface area (Å²) >= 11 is 0. The molecule has 1 aromatic heterocycles. The van der Waals surface area contributed by atoms with Crippen LogP contribution in [-0.4, -0.2) is 14.7 Å². The average Bonchev–Trinajstić information content (AvgIpc) is 3.22. The summed E-state index contributed by atoms with van der Waals surface area (Å²) in [6, 6.07) is 0. The molecule has 0 spiro atoms. The van der Waals surface area contributed by atoms with Crippen LogP contribution < -0.4 is 22.3 Å². The molecule has 6 heteroatoms. The first-order valence-corrected chi connectivity index (χ1v) is 7.17. The van der Waals surface area contributed by atoms with Gasteiger partial charge in [-0.25, -0.2) is 4.79 Å². The fourth-order valence-electron chi connectivity index (χ4n) is 2.57. The fraction of sp³-hybridized carbons (Fsp3) is 0.714. The van der Waals surface area contributed by atoms with Crippen LogP contribution in [0.5, 0.6) is 0 Å². The molecule has 0 bridgehead atoms. The van der Waals surface area contributed by atoms with Crippen molar-refractivity contribution >= 4 is 11.5 Å². The van der Waals surface area contributed by atoms with Crippen LogP contribution in [0.3, 0.4) is 0 Å². The number of nitrogens with one attached hydrogen (secondary N) is 1. The van der Waals surface area contributed by atoms with Crippen LogP contribution >= 0.6 is 0 Å². The Balaban J connectivity index is 2.52. The van der Waals surface area contributed by atoms with E-state index in [2.05, 4.69) is 19.2 Å². The summed E-state index contributed by atoms with van der Waals surface area (Å²) in [5, 5.41) is 3.27. The molecule has 0 aromatic carbocycles. The van der Waals surface area contributed by atoms with E-state index in [1.165, 1.54) is 11.6 Å². The van der Waals surface area contributed by atoms with Gasteiger partial charge in [0.2, 0.25) is 0 Å². The maximum absolute atomic E-state index is 12.3. The Bertz CT molecular complexity index is 623. The smallest absolute Gasteiger partial charge is 0.332 e. The third kappa shape index (κ3) is 2.46. The van der Waals surface area contributed by atoms with E-state index in [4.69, 9.17) is 5.73 Å². The van der Waals surface area contributed by atoms with E-state index in [1.54, 1.807) is 0 Å². The van der Waals surface area contributed by atoms with Crippen LogP contribution in [0.15, 0.2) is 9.59 Å². The fourth-order valence-corrected chi connectivity index (χ4v) is 2.57. The third-order valence-corrected chi connectivity index (χ3v) is 4.08. The minimum absolute atomic E-state index is 0.186. The molecule has 3 N–H and O–H groups in total. The second kappa shape index (κ2) is 5.00. The lowest BCUT2D eigenvalue weighted by molar-refractivity contribution is 0.491. The molecule has 0 aliphatic heterocycles. The van der Waals surface area contributed by atoms with Crippen LogP contribution in [0.25, 0.3) is 0 Å². The van der Waals surface area contributed by atoms with Gasteiger partial charge >= 0.3 is 5.69 Å². The van der Waals surface area contributed by atoms with E-state index in [0.717, 1.165) is 23.8 Å². The second-order valence-electron chi connectivity index (χ2n) is 6.18. The van der Waals surface area contributed by atoms with Crippen molar-refractivity contribution in [1.82, 2.24) is 9.13 Å². The molecule has 2 rings (SSSR count). The highest BCUT2D eigenvalue weighted by atomic mass is 16.2. The number of hydrogen-bond acceptors (Lipinski definition) is 4. The zero-order chi connectivity index (χ0) is 15.1. The van der Waals surface area contributed by atoms with Crippen LogP contribution in [0.4, 0.5) is 11.5 Å². The first-order valence-electron chi connectivity index (χ1n) is 7.17. The molecule has 1 fully saturated rings. The molecule has 1 saturated carbocycles. The van der Waals surface area contributed by atoms with Crippen LogP contribution in [0.2, 0.25) is 0 Å². The lowest BCUT2D eigenvalue weighted by Crippen LogP contribution is -2.44. The van der Waals surface area contributed by atoms with Gasteiger partial charge in [0.25, 0.3) is 5.56 Å². The Morgan fingerprint density at radius 3 is 2.45 bits per heavy atom. The second-order valence-corrected chi connectivity index (χ2v) is 6.18. The number of nitrogens with two attached hydrogens (primary N) is 1. The summed E-state index contributed by atoms with van der Waals surface area (Å²) in [5.41, 5.74) is 5.50. The molecular formula is C14H24N4O2. The van der Waals surface area contributed by atoms with E-state index in [0.29, 0.717) is 18.2 Å². The summed E-state index contributed by atoms with van der Waals surface area (Å²) in [4.78, 5) is 24.4. The molecule has 1 aromatic rings. The van der Waals surface area contributed by atoms with Gasteiger partial charge in [-0.1, -0.05) is 6.92 Å². The Kier molecular flexibility index (Phi) is 3.67. The average molecular weight is 280 g/mol. The van der Waals surface area contributed by atoms with Gasteiger partial charge in [0.15, 0.2) is 0 Å². The number of anilines is 2. The van der Waals surface area contributed by atoms with Gasteiger partial charge in [0.05, 0.1) is 0 Å². The van der Waals surface area contributed by atoms with Crippen molar-refractivity contribution in [2.75, 3.05) is 11.1 Å². The highest BCUT2D eigenvalue weighted by Gasteiger charge is 2.38. The van der Waals surface area contributed by atoms with Crippen molar-refractivity contribution in [2.45, 2.75) is 52.1 Å². The van der Waals surface area contributed by atoms with Crippen molar-refractivity contribution in [2.24, 2.45) is 13.0 Å². The Labute approximate surface area is 118 Å². The van der Waals surface area contributed by atoms with E-state index in [9.17, 15) is 9.59 Å². The zero-order valence-electron chi connectivity index (χ0n) is 12.7. The lowest BCUT2D eigenvalue weighted by Gasteiger charge is -2.28. The molecule has 0 unspecified atom stereocenters. The van der Waals surface area contributed by atoms with Gasteiger partial charge in [-0.3, -0.25) is 13.9 Å². The molecule has 112 valence electrons. The summed E-state index contributed by atoms with van der Waals surface area (Å²) in [6.07, 6.45) is 3.11. The van der Waals surface area contributed by atoms with Gasteiger partial charge in [0, 0.05) is 19.1 Å². The van der Waals surface area contributed by atoms with Gasteiger partial charge < -0.3 is 11.1 Å². The van der Waals surface area contributed by atoms with E-state index in [-0.39, 0.29) is 22.6 Å². The maximum Gasteiger partial charge on any atom is 0.332 e. The van der Waals surface area contributed by atoms with Crippen LogP contribution in [0, 0.1) is 5.92 Å². The first kappa shape index (κ1) is 14.7. The van der Waals surface area contributed by atoms with Crippen molar-refractivity contribution < 1.29 is 0 Å². The standard InChI is InChI=1S/C14H24N4O2/c1-5-8-18-11(15)10(12(19)17(4)13(18)20)16-14(2,3)9-6-7-9/h9,16H,5-8,15H2,1-4H3. The molecule has 20 heavy (non-hydrogen) atoms. The maximum atomic E-state index is 12.3. The SMILES string of the molecule is CCCn1c(N)c(NC(C)(C)C2CC2)c(=O)n(C)c1=O. The highest BCUT2D eigenvalue weighted by molar-refractivity contribution is 5.62. The molecule has 1 heterocycles. The van der Waals surface area contributed by atoms with Gasteiger partial charge in [0.1, 0.15) is 11.5 Å². The Hall–Kier alpha value is -1.72. The van der Waals surface area contributed by atoms with E-state index in [1.807, 2.05) is 6.92 Å². The molecular weight excluding hydrogens is 256 g/mol. The van der Waals surface area contributed by atoms with E-state index >= 15 is 0 Å². The number of nitrogens with zero attached hydrogens (tertiary/aromatic N) is 2. The summed E-state index contributed by atoms with van der Waals surface area (Å²) in [6.45, 7) is 6.62. The molecule has 0 amide bonds. The molecule has 0 saturated heterocycles. The topological polar surface area (TPSA) is 82.0 Å². The molecule has 1 aliphatic carbocycles. The lowest BCUT2D eigenvalue weighted by atomic mass is 9.98. The zero-order valence-corrected chi connectivity index (χ0v) is 12.7. The quantitative estimate of drug-likeness (QED) is 0.847. The monoisotopic (exact) mass is 280 g/mol. The van der Waals surface area contributed by atoms with Crippen LogP contribution in [0.1, 0.15) is 40.0 Å². The number of hydrogen-bond donors (Lipinski definition) is 2. The third-order valence-electron chi connectivity index (χ3n) is 4.08. The first-order chi connectivity index (χ1) is 9.29. The van der Waals surface area contributed by atoms with Crippen molar-refractivity contribution in [3.05, 3.63) is 20.8 Å². The Morgan fingerprint density at radius 2 is 1.95 bits per heavy atom. The number of rotatable bonds is 5. The summed E-state index contributed by atoms with van der Waals surface area (Å²) < 4.78 is 2.59. The van der Waals surface area contributed by atoms with Crippen molar-refractivity contribution in [3.63, 3.8) is 0 Å². The van der Waals surface area contributed by atoms with E-state index < -0.39 is 0 Å². The molecule has 1 aliphatic rings. The molecule has 6 nitrogen and oxygen atoms in total. The van der Waals surface area contributed by atoms with Gasteiger partial charge in [-0.2, -0.15) is 0 Å². The minimum atomic E-state index is -0.357. The predicted octanol–water partition coefficient (Wildman–Crippen LogP) is 1.14. The molecule has 0 radical (unpaired) electrons. The largest absolute Gasteiger partial charge is 0.383 e. The normalized spacial score (nSPS) is 15.4. The van der Waals surface area contributed by atoms with Crippen LogP contribution in [-0.2, 0) is 13.6 Å². The van der Waals surface area contributed by atoms with Gasteiger partial charge in [-0.05, 0) is 39.0 Å². The van der Waals surface area contributed by atoms with Gasteiger partial charge in [-0.15, -0.1) is 0 Å². The number of aromatic nitrogens is 2. The predicted molar refractivity (Wildman–Crippen MR) is 81.1 cm³/mol. The van der Waals surface area contributed by atoms with Crippen molar-refractivity contribution in [1.29, 1.82) is 0 Å². The number of nitrogen functional groups attached to an aromatic ring is 1. The molecule has 0 atom stereocenters. The Morgan fingerprint density at radius 1 is 1.35 bits per heavy atom. The minimum Gasteiger partial charge on any atom is -0.383 e. The summed E-state index contributed by atoms with van der Waals surface area (Å²) in [7, 11) is 1.49.